The highest BCUT2D eigenvalue weighted by molar-refractivity contribution is 7.89. The van der Waals surface area contributed by atoms with Crippen LogP contribution in [0.4, 0.5) is 11.6 Å². The van der Waals surface area contributed by atoms with E-state index in [-0.39, 0.29) is 22.6 Å². The standard InChI is InChI=1S/C20H23N7O4S/c1-20(6-7-20)27-12-24-26-19(27)31-15-8-17(30-11-15)13-9-22-18(23-10-13)25-14-2-4-16(5-3-14)32(21,28)29/h2-5,9-10,12,15,17H,6-8,11H2,1H3,(H2,21,28,29)(H,22,23,25). The maximum atomic E-state index is 11.3. The Morgan fingerprint density at radius 2 is 1.94 bits per heavy atom. The van der Waals surface area contributed by atoms with E-state index in [2.05, 4.69) is 32.4 Å². The van der Waals surface area contributed by atoms with Crippen molar-refractivity contribution in [3.05, 3.63) is 48.5 Å². The van der Waals surface area contributed by atoms with E-state index in [0.717, 1.165) is 18.4 Å². The molecular weight excluding hydrogens is 434 g/mol. The van der Waals surface area contributed by atoms with Gasteiger partial charge in [-0.1, -0.05) is 5.10 Å². The summed E-state index contributed by atoms with van der Waals surface area (Å²) in [5.41, 5.74) is 1.55. The number of benzene rings is 1. The van der Waals surface area contributed by atoms with Crippen LogP contribution >= 0.6 is 0 Å². The predicted molar refractivity (Wildman–Crippen MR) is 114 cm³/mol. The molecule has 2 atom stereocenters. The summed E-state index contributed by atoms with van der Waals surface area (Å²) in [5, 5.41) is 16.2. The number of nitrogens with two attached hydrogens (primary N) is 1. The number of hydrogen-bond acceptors (Lipinski definition) is 9. The lowest BCUT2D eigenvalue weighted by Crippen LogP contribution is -2.21. The number of nitrogens with one attached hydrogen (secondary N) is 1. The van der Waals surface area contributed by atoms with Crippen molar-refractivity contribution in [1.82, 2.24) is 24.7 Å². The zero-order chi connectivity index (χ0) is 22.3. The monoisotopic (exact) mass is 457 g/mol. The number of rotatable bonds is 7. The lowest BCUT2D eigenvalue weighted by molar-refractivity contribution is 0.0899. The first kappa shape index (κ1) is 20.8. The Bertz CT molecular complexity index is 1210. The van der Waals surface area contributed by atoms with Gasteiger partial charge in [0.15, 0.2) is 0 Å². The molecule has 5 rings (SSSR count). The summed E-state index contributed by atoms with van der Waals surface area (Å²) in [6, 6.07) is 6.56. The Labute approximate surface area is 185 Å². The fourth-order valence-electron chi connectivity index (χ4n) is 3.58. The van der Waals surface area contributed by atoms with Crippen molar-refractivity contribution in [2.24, 2.45) is 5.14 Å². The van der Waals surface area contributed by atoms with Gasteiger partial charge in [0.1, 0.15) is 12.4 Å². The fourth-order valence-corrected chi connectivity index (χ4v) is 4.10. The van der Waals surface area contributed by atoms with Crippen molar-refractivity contribution < 1.29 is 17.9 Å². The van der Waals surface area contributed by atoms with Crippen molar-refractivity contribution in [2.45, 2.75) is 48.8 Å². The number of primary sulfonamides is 1. The molecule has 1 aromatic carbocycles. The Hall–Kier alpha value is -3.09. The molecule has 1 saturated carbocycles. The second-order valence-electron chi connectivity index (χ2n) is 8.31. The number of anilines is 2. The summed E-state index contributed by atoms with van der Waals surface area (Å²) in [6.45, 7) is 2.61. The second kappa shape index (κ2) is 7.80. The summed E-state index contributed by atoms with van der Waals surface area (Å²) >= 11 is 0. The minimum atomic E-state index is -3.73. The Morgan fingerprint density at radius 1 is 1.22 bits per heavy atom. The van der Waals surface area contributed by atoms with E-state index >= 15 is 0 Å². The van der Waals surface area contributed by atoms with E-state index in [0.29, 0.717) is 30.7 Å². The maximum Gasteiger partial charge on any atom is 0.317 e. The van der Waals surface area contributed by atoms with Crippen molar-refractivity contribution in [3.8, 4) is 6.01 Å². The van der Waals surface area contributed by atoms with Gasteiger partial charge in [-0.25, -0.2) is 23.5 Å². The quantitative estimate of drug-likeness (QED) is 0.542. The smallest absolute Gasteiger partial charge is 0.317 e. The van der Waals surface area contributed by atoms with Crippen LogP contribution in [-0.2, 0) is 20.3 Å². The number of hydrogen-bond donors (Lipinski definition) is 2. The number of sulfonamides is 1. The molecule has 168 valence electrons. The van der Waals surface area contributed by atoms with Gasteiger partial charge in [0.25, 0.3) is 0 Å². The molecule has 2 aliphatic rings. The molecule has 3 aromatic rings. The number of nitrogens with zero attached hydrogens (tertiary/aromatic N) is 5. The molecule has 3 N–H and O–H groups in total. The minimum Gasteiger partial charge on any atom is -0.458 e. The van der Waals surface area contributed by atoms with E-state index in [1.165, 1.54) is 12.1 Å². The second-order valence-corrected chi connectivity index (χ2v) is 9.87. The number of aromatic nitrogens is 5. The van der Waals surface area contributed by atoms with Crippen LogP contribution in [0.1, 0.15) is 37.9 Å². The molecule has 2 aromatic heterocycles. The lowest BCUT2D eigenvalue weighted by atomic mass is 10.1. The van der Waals surface area contributed by atoms with Crippen LogP contribution in [0, 0.1) is 0 Å². The highest BCUT2D eigenvalue weighted by Gasteiger charge is 2.42. The van der Waals surface area contributed by atoms with Gasteiger partial charge in [-0.2, -0.15) is 0 Å². The third kappa shape index (κ3) is 4.29. The summed E-state index contributed by atoms with van der Waals surface area (Å²) in [7, 11) is -3.73. The largest absolute Gasteiger partial charge is 0.458 e. The van der Waals surface area contributed by atoms with Crippen molar-refractivity contribution in [1.29, 1.82) is 0 Å². The average Bonchev–Trinajstić information content (AvgIpc) is 3.16. The van der Waals surface area contributed by atoms with Gasteiger partial charge in [-0.05, 0) is 44.0 Å². The summed E-state index contributed by atoms with van der Waals surface area (Å²) in [5.74, 6) is 0.383. The molecule has 1 aliphatic carbocycles. The van der Waals surface area contributed by atoms with Crippen LogP contribution in [0.5, 0.6) is 6.01 Å². The van der Waals surface area contributed by atoms with Crippen molar-refractivity contribution in [2.75, 3.05) is 11.9 Å². The molecule has 2 fully saturated rings. The molecule has 0 radical (unpaired) electrons. The van der Waals surface area contributed by atoms with Gasteiger partial charge in [0.05, 0.1) is 17.6 Å². The van der Waals surface area contributed by atoms with Gasteiger partial charge in [-0.3, -0.25) is 4.57 Å². The molecule has 32 heavy (non-hydrogen) atoms. The van der Waals surface area contributed by atoms with Crippen LogP contribution in [0.15, 0.2) is 47.9 Å². The third-order valence-electron chi connectivity index (χ3n) is 5.79. The van der Waals surface area contributed by atoms with Crippen LogP contribution in [0.25, 0.3) is 0 Å². The first-order valence-electron chi connectivity index (χ1n) is 10.2. The van der Waals surface area contributed by atoms with E-state index in [1.54, 1.807) is 30.9 Å². The minimum absolute atomic E-state index is 0.0407. The molecule has 12 heteroatoms. The summed E-state index contributed by atoms with van der Waals surface area (Å²) in [6.07, 6.45) is 7.69. The lowest BCUT2D eigenvalue weighted by Gasteiger charge is -2.16. The van der Waals surface area contributed by atoms with E-state index in [9.17, 15) is 8.42 Å². The summed E-state index contributed by atoms with van der Waals surface area (Å²) in [4.78, 5) is 8.71. The van der Waals surface area contributed by atoms with Crippen LogP contribution in [-0.4, -0.2) is 45.9 Å². The van der Waals surface area contributed by atoms with Crippen LogP contribution < -0.4 is 15.2 Å². The molecular formula is C20H23N7O4S. The highest BCUT2D eigenvalue weighted by Crippen LogP contribution is 2.45. The molecule has 3 heterocycles. The zero-order valence-electron chi connectivity index (χ0n) is 17.4. The van der Waals surface area contributed by atoms with Gasteiger partial charge in [-0.15, -0.1) is 5.10 Å². The normalized spacial score (nSPS) is 21.9. The average molecular weight is 458 g/mol. The van der Waals surface area contributed by atoms with E-state index in [1.807, 2.05) is 4.57 Å². The van der Waals surface area contributed by atoms with Gasteiger partial charge < -0.3 is 14.8 Å². The Balaban J connectivity index is 1.19. The molecule has 1 saturated heterocycles. The fraction of sp³-hybridized carbons (Fsp3) is 0.400. The first-order chi connectivity index (χ1) is 15.3. The highest BCUT2D eigenvalue weighted by atomic mass is 32.2. The SMILES string of the molecule is CC1(n2cnnc2OC2COC(c3cnc(Nc4ccc(S(N)(=O)=O)cc4)nc3)C2)CC1. The molecule has 0 spiro atoms. The Morgan fingerprint density at radius 3 is 2.59 bits per heavy atom. The molecule has 0 bridgehead atoms. The first-order valence-corrected chi connectivity index (χ1v) is 11.8. The topological polar surface area (TPSA) is 147 Å². The summed E-state index contributed by atoms with van der Waals surface area (Å²) < 4.78 is 36.6. The molecule has 11 nitrogen and oxygen atoms in total. The van der Waals surface area contributed by atoms with E-state index in [4.69, 9.17) is 14.6 Å². The van der Waals surface area contributed by atoms with Gasteiger partial charge >= 0.3 is 6.01 Å². The zero-order valence-corrected chi connectivity index (χ0v) is 18.2. The van der Waals surface area contributed by atoms with Crippen LogP contribution in [0.2, 0.25) is 0 Å². The van der Waals surface area contributed by atoms with E-state index < -0.39 is 10.0 Å². The Kier molecular flexibility index (Phi) is 5.07. The maximum absolute atomic E-state index is 11.3. The van der Waals surface area contributed by atoms with Crippen LogP contribution in [0.3, 0.4) is 0 Å². The number of ether oxygens (including phenoxy) is 2. The van der Waals surface area contributed by atoms with Gasteiger partial charge in [0, 0.05) is 35.6 Å². The van der Waals surface area contributed by atoms with Crippen molar-refractivity contribution >= 4 is 21.7 Å². The van der Waals surface area contributed by atoms with Gasteiger partial charge in [0.2, 0.25) is 16.0 Å². The predicted octanol–water partition coefficient (Wildman–Crippen LogP) is 1.88. The molecule has 0 amide bonds. The van der Waals surface area contributed by atoms with Crippen molar-refractivity contribution in [3.63, 3.8) is 0 Å². The third-order valence-corrected chi connectivity index (χ3v) is 6.72. The molecule has 2 unspecified atom stereocenters. The molecule has 1 aliphatic heterocycles.